The molecule has 0 fully saturated rings. The zero-order chi connectivity index (χ0) is 7.82. The van der Waals surface area contributed by atoms with E-state index in [0.717, 1.165) is 6.42 Å². The Balaban J connectivity index is 4.07. The standard InChI is InChI=1S/C9H14N/c1-4-7-9-10(6-3)8-5-2/h6-7,9H,4H2,1-3H3/q+1. The number of rotatable bonds is 2. The molecule has 0 aliphatic rings. The van der Waals surface area contributed by atoms with Gasteiger partial charge in [0.1, 0.15) is 0 Å². The molecule has 0 spiro atoms. The minimum Gasteiger partial charge on any atom is -0.123 e. The SMILES string of the molecule is CC#C[N+](C=CCC)=CC. The Bertz CT molecular complexity index is 189. The van der Waals surface area contributed by atoms with Gasteiger partial charge in [-0.2, -0.15) is 0 Å². The summed E-state index contributed by atoms with van der Waals surface area (Å²) in [4.78, 5) is 0. The molecule has 0 aliphatic heterocycles. The predicted octanol–water partition coefficient (Wildman–Crippen LogP) is 1.99. The largest absolute Gasteiger partial charge is 0.227 e. The summed E-state index contributed by atoms with van der Waals surface area (Å²) in [5.74, 6) is 2.82. The van der Waals surface area contributed by atoms with Crippen molar-refractivity contribution in [2.24, 2.45) is 0 Å². The van der Waals surface area contributed by atoms with Crippen LogP contribution in [0, 0.1) is 12.0 Å². The Labute approximate surface area is 63.1 Å². The first-order valence-corrected chi connectivity index (χ1v) is 3.52. The van der Waals surface area contributed by atoms with E-state index < -0.39 is 0 Å². The third kappa shape index (κ3) is 3.91. The summed E-state index contributed by atoms with van der Waals surface area (Å²) in [6, 6.07) is 2.91. The van der Waals surface area contributed by atoms with Gasteiger partial charge in [-0.15, -0.1) is 4.58 Å². The zero-order valence-corrected chi connectivity index (χ0v) is 6.89. The molecular formula is C9H14N+. The van der Waals surface area contributed by atoms with Gasteiger partial charge in [-0.1, -0.05) is 6.92 Å². The smallest absolute Gasteiger partial charge is 0.123 e. The molecule has 0 amide bonds. The minimum atomic E-state index is 1.05. The van der Waals surface area contributed by atoms with Crippen LogP contribution in [0.15, 0.2) is 12.3 Å². The summed E-state index contributed by atoms with van der Waals surface area (Å²) in [5.41, 5.74) is 0. The third-order valence-electron chi connectivity index (χ3n) is 1.02. The van der Waals surface area contributed by atoms with Crippen molar-refractivity contribution >= 4 is 6.21 Å². The molecule has 10 heavy (non-hydrogen) atoms. The summed E-state index contributed by atoms with van der Waals surface area (Å²) in [7, 11) is 0. The maximum atomic E-state index is 2.91. The van der Waals surface area contributed by atoms with Crippen molar-refractivity contribution in [3.05, 3.63) is 12.3 Å². The second kappa shape index (κ2) is 6.10. The fourth-order valence-electron chi connectivity index (χ4n) is 0.536. The highest BCUT2D eigenvalue weighted by atomic mass is 14.9. The number of allylic oxidation sites excluding steroid dienone is 1. The molecule has 0 aromatic carbocycles. The highest BCUT2D eigenvalue weighted by molar-refractivity contribution is 5.47. The van der Waals surface area contributed by atoms with E-state index in [1.54, 1.807) is 0 Å². The van der Waals surface area contributed by atoms with Crippen LogP contribution in [0.2, 0.25) is 0 Å². The van der Waals surface area contributed by atoms with Crippen LogP contribution in [-0.2, 0) is 0 Å². The normalized spacial score (nSPS) is 11.3. The lowest BCUT2D eigenvalue weighted by atomic mass is 10.5. The van der Waals surface area contributed by atoms with Crippen molar-refractivity contribution in [1.82, 2.24) is 0 Å². The topological polar surface area (TPSA) is 3.01 Å². The number of hydrogen-bond acceptors (Lipinski definition) is 0. The Kier molecular flexibility index (Phi) is 5.47. The first kappa shape index (κ1) is 8.97. The van der Waals surface area contributed by atoms with Crippen LogP contribution in [-0.4, -0.2) is 10.8 Å². The molecule has 0 aromatic rings. The van der Waals surface area contributed by atoms with Crippen LogP contribution >= 0.6 is 0 Å². The first-order chi connectivity index (χ1) is 4.85. The molecule has 0 unspecified atom stereocenters. The van der Waals surface area contributed by atoms with E-state index >= 15 is 0 Å². The quantitative estimate of drug-likeness (QED) is 0.236. The Morgan fingerprint density at radius 1 is 1.50 bits per heavy atom. The molecule has 0 saturated heterocycles. The predicted molar refractivity (Wildman–Crippen MR) is 44.9 cm³/mol. The van der Waals surface area contributed by atoms with Gasteiger partial charge in [-0.3, -0.25) is 0 Å². The minimum absolute atomic E-state index is 1.05. The van der Waals surface area contributed by atoms with Gasteiger partial charge < -0.3 is 0 Å². The van der Waals surface area contributed by atoms with Gasteiger partial charge in [0.2, 0.25) is 6.04 Å². The van der Waals surface area contributed by atoms with Gasteiger partial charge in [-0.05, 0) is 18.4 Å². The van der Waals surface area contributed by atoms with E-state index in [4.69, 9.17) is 0 Å². The van der Waals surface area contributed by atoms with E-state index in [1.165, 1.54) is 0 Å². The van der Waals surface area contributed by atoms with Crippen molar-refractivity contribution in [1.29, 1.82) is 0 Å². The highest BCUT2D eigenvalue weighted by Gasteiger charge is 1.86. The zero-order valence-electron chi connectivity index (χ0n) is 6.89. The average molecular weight is 136 g/mol. The molecule has 0 saturated carbocycles. The monoisotopic (exact) mass is 136 g/mol. The Morgan fingerprint density at radius 2 is 2.20 bits per heavy atom. The first-order valence-electron chi connectivity index (χ1n) is 3.52. The lowest BCUT2D eigenvalue weighted by Crippen LogP contribution is -1.93. The molecule has 0 rings (SSSR count). The summed E-state index contributed by atoms with van der Waals surface area (Å²) in [6.45, 7) is 5.89. The van der Waals surface area contributed by atoms with Crippen LogP contribution in [0.4, 0.5) is 0 Å². The molecular weight excluding hydrogens is 122 g/mol. The highest BCUT2D eigenvalue weighted by Crippen LogP contribution is 1.79. The molecule has 0 N–H and O–H groups in total. The van der Waals surface area contributed by atoms with E-state index in [1.807, 2.05) is 30.8 Å². The van der Waals surface area contributed by atoms with Gasteiger partial charge in [0.05, 0.1) is 0 Å². The summed E-state index contributed by atoms with van der Waals surface area (Å²) < 4.78 is 1.85. The van der Waals surface area contributed by atoms with Crippen LogP contribution in [0.3, 0.4) is 0 Å². The van der Waals surface area contributed by atoms with Crippen molar-refractivity contribution in [2.45, 2.75) is 27.2 Å². The van der Waals surface area contributed by atoms with Crippen LogP contribution in [0.5, 0.6) is 0 Å². The Hall–Kier alpha value is -1.03. The van der Waals surface area contributed by atoms with Crippen molar-refractivity contribution in [2.75, 3.05) is 0 Å². The molecule has 0 aliphatic carbocycles. The van der Waals surface area contributed by atoms with Gasteiger partial charge >= 0.3 is 0 Å². The molecule has 0 aromatic heterocycles. The lowest BCUT2D eigenvalue weighted by Gasteiger charge is -1.78. The van der Waals surface area contributed by atoms with Gasteiger partial charge in [-0.25, -0.2) is 0 Å². The van der Waals surface area contributed by atoms with E-state index in [0.29, 0.717) is 0 Å². The summed E-state index contributed by atoms with van der Waals surface area (Å²) in [5, 5.41) is 0. The summed E-state index contributed by atoms with van der Waals surface area (Å²) in [6.07, 6.45) is 7.03. The van der Waals surface area contributed by atoms with Crippen molar-refractivity contribution in [3.8, 4) is 12.0 Å². The van der Waals surface area contributed by atoms with Crippen LogP contribution < -0.4 is 0 Å². The van der Waals surface area contributed by atoms with Crippen molar-refractivity contribution in [3.63, 3.8) is 0 Å². The molecule has 0 bridgehead atoms. The Morgan fingerprint density at radius 3 is 2.60 bits per heavy atom. The van der Waals surface area contributed by atoms with Gasteiger partial charge in [0, 0.05) is 13.8 Å². The maximum Gasteiger partial charge on any atom is 0.227 e. The van der Waals surface area contributed by atoms with E-state index in [9.17, 15) is 0 Å². The van der Waals surface area contributed by atoms with Gasteiger partial charge in [0.25, 0.3) is 0 Å². The maximum absolute atomic E-state index is 2.91. The third-order valence-corrected chi connectivity index (χ3v) is 1.02. The molecule has 0 radical (unpaired) electrons. The fourth-order valence-corrected chi connectivity index (χ4v) is 0.536. The molecule has 0 atom stereocenters. The lowest BCUT2D eigenvalue weighted by molar-refractivity contribution is -0.349. The second-order valence-electron chi connectivity index (χ2n) is 1.82. The van der Waals surface area contributed by atoms with Crippen LogP contribution in [0.1, 0.15) is 27.2 Å². The number of hydrogen-bond donors (Lipinski definition) is 0. The number of nitrogens with zero attached hydrogens (tertiary/aromatic N) is 1. The molecule has 1 nitrogen and oxygen atoms in total. The average Bonchev–Trinajstić information content (AvgIpc) is 1.98. The summed E-state index contributed by atoms with van der Waals surface area (Å²) >= 11 is 0. The van der Waals surface area contributed by atoms with E-state index in [2.05, 4.69) is 25.0 Å². The molecule has 54 valence electrons. The van der Waals surface area contributed by atoms with Gasteiger partial charge in [0.15, 0.2) is 12.4 Å². The molecule has 1 heteroatoms. The fraction of sp³-hybridized carbons (Fsp3) is 0.444. The molecule has 0 heterocycles. The van der Waals surface area contributed by atoms with E-state index in [-0.39, 0.29) is 0 Å². The van der Waals surface area contributed by atoms with Crippen LogP contribution in [0.25, 0.3) is 0 Å². The second-order valence-corrected chi connectivity index (χ2v) is 1.82. The van der Waals surface area contributed by atoms with Crippen molar-refractivity contribution < 1.29 is 4.58 Å².